The van der Waals surface area contributed by atoms with Crippen LogP contribution in [0.3, 0.4) is 0 Å². The van der Waals surface area contributed by atoms with Gasteiger partial charge in [-0.15, -0.1) is 35.3 Å². The lowest BCUT2D eigenvalue weighted by Gasteiger charge is -2.11. The smallest absolute Gasteiger partial charge is 0.190 e. The maximum Gasteiger partial charge on any atom is 0.190 e. The lowest BCUT2D eigenvalue weighted by molar-refractivity contribution is 0.778. The number of aromatic amines is 1. The highest BCUT2D eigenvalue weighted by Gasteiger charge is 2.05. The van der Waals surface area contributed by atoms with E-state index in [-0.39, 0.29) is 24.0 Å². The third kappa shape index (κ3) is 6.39. The van der Waals surface area contributed by atoms with Crippen LogP contribution in [0.1, 0.15) is 17.5 Å². The minimum absolute atomic E-state index is 0. The highest BCUT2D eigenvalue weighted by Crippen LogP contribution is 2.21. The highest BCUT2D eigenvalue weighted by atomic mass is 127. The van der Waals surface area contributed by atoms with Crippen LogP contribution >= 0.6 is 47.1 Å². The topological polar surface area (TPSA) is 65.1 Å². The van der Waals surface area contributed by atoms with Gasteiger partial charge in [-0.05, 0) is 30.9 Å². The summed E-state index contributed by atoms with van der Waals surface area (Å²) in [5.41, 5.74) is 3.86. The van der Waals surface area contributed by atoms with Crippen molar-refractivity contribution in [2.24, 2.45) is 4.99 Å². The van der Waals surface area contributed by atoms with E-state index in [1.807, 2.05) is 30.4 Å². The van der Waals surface area contributed by atoms with Crippen LogP contribution in [0.15, 0.2) is 45.3 Å². The van der Waals surface area contributed by atoms with Crippen molar-refractivity contribution >= 4 is 63.9 Å². The Morgan fingerprint density at radius 3 is 2.93 bits per heavy atom. The molecule has 2 heterocycles. The second kappa shape index (κ2) is 11.6. The molecule has 0 radical (unpaired) electrons. The van der Waals surface area contributed by atoms with Crippen molar-refractivity contribution in [2.45, 2.75) is 24.1 Å². The number of thioether (sulfide) groups is 1. The third-order valence-electron chi connectivity index (χ3n) is 4.17. The first-order valence-electron chi connectivity index (χ1n) is 8.80. The van der Waals surface area contributed by atoms with E-state index in [1.165, 1.54) is 22.0 Å². The average Bonchev–Trinajstić information content (AvgIpc) is 3.31. The van der Waals surface area contributed by atoms with Gasteiger partial charge in [0.25, 0.3) is 0 Å². The minimum Gasteiger partial charge on any atom is -0.361 e. The summed E-state index contributed by atoms with van der Waals surface area (Å²) in [5.74, 6) is 1.92. The quantitative estimate of drug-likeness (QED) is 0.137. The number of fused-ring (bicyclic) bond motifs is 1. The molecule has 8 heteroatoms. The number of aryl methyl sites for hydroxylation is 1. The molecule has 5 nitrogen and oxygen atoms in total. The Morgan fingerprint density at radius 2 is 2.15 bits per heavy atom. The SMILES string of the molecule is CN=C(NCCCSc1nccs1)NCCc1c[nH]c2c(C)cccc12.I. The van der Waals surface area contributed by atoms with E-state index >= 15 is 0 Å². The maximum atomic E-state index is 4.30. The lowest BCUT2D eigenvalue weighted by atomic mass is 10.1. The summed E-state index contributed by atoms with van der Waals surface area (Å²) < 4.78 is 1.14. The summed E-state index contributed by atoms with van der Waals surface area (Å²) in [6, 6.07) is 6.44. The molecule has 146 valence electrons. The van der Waals surface area contributed by atoms with Crippen LogP contribution in [-0.2, 0) is 6.42 Å². The summed E-state index contributed by atoms with van der Waals surface area (Å²) in [7, 11) is 1.81. The Kier molecular flexibility index (Phi) is 9.43. The Bertz CT molecular complexity index is 845. The van der Waals surface area contributed by atoms with Crippen LogP contribution in [0.4, 0.5) is 0 Å². The Morgan fingerprint density at radius 1 is 1.30 bits per heavy atom. The lowest BCUT2D eigenvalue weighted by Crippen LogP contribution is -2.38. The fourth-order valence-corrected chi connectivity index (χ4v) is 4.47. The van der Waals surface area contributed by atoms with Gasteiger partial charge in [-0.1, -0.05) is 30.0 Å². The van der Waals surface area contributed by atoms with Crippen molar-refractivity contribution in [1.82, 2.24) is 20.6 Å². The van der Waals surface area contributed by atoms with Gasteiger partial charge in [0.05, 0.1) is 0 Å². The van der Waals surface area contributed by atoms with E-state index in [4.69, 9.17) is 0 Å². The number of H-pyrrole nitrogens is 1. The van der Waals surface area contributed by atoms with E-state index in [0.717, 1.165) is 42.0 Å². The van der Waals surface area contributed by atoms with Crippen molar-refractivity contribution in [2.75, 3.05) is 25.9 Å². The molecule has 2 aromatic heterocycles. The Hall–Kier alpha value is -1.26. The zero-order chi connectivity index (χ0) is 18.2. The molecular weight excluding hydrogens is 489 g/mol. The van der Waals surface area contributed by atoms with Crippen molar-refractivity contribution in [3.63, 3.8) is 0 Å². The first kappa shape index (κ1) is 22.0. The largest absolute Gasteiger partial charge is 0.361 e. The van der Waals surface area contributed by atoms with Gasteiger partial charge >= 0.3 is 0 Å². The molecule has 0 aliphatic heterocycles. The molecule has 0 spiro atoms. The second-order valence-corrected chi connectivity index (χ2v) is 8.22. The number of hydrogen-bond donors (Lipinski definition) is 3. The molecule has 0 fully saturated rings. The van der Waals surface area contributed by atoms with Crippen LogP contribution in [0, 0.1) is 6.92 Å². The number of para-hydroxylation sites is 1. The first-order chi connectivity index (χ1) is 12.8. The van der Waals surface area contributed by atoms with E-state index in [9.17, 15) is 0 Å². The van der Waals surface area contributed by atoms with E-state index < -0.39 is 0 Å². The number of nitrogens with one attached hydrogen (secondary N) is 3. The molecule has 0 saturated carbocycles. The second-order valence-electron chi connectivity index (χ2n) is 5.99. The molecule has 0 bridgehead atoms. The van der Waals surface area contributed by atoms with E-state index in [2.05, 4.69) is 56.9 Å². The first-order valence-corrected chi connectivity index (χ1v) is 10.7. The van der Waals surface area contributed by atoms with Crippen LogP contribution < -0.4 is 10.6 Å². The van der Waals surface area contributed by atoms with Gasteiger partial charge < -0.3 is 15.6 Å². The van der Waals surface area contributed by atoms with Crippen LogP contribution in [-0.4, -0.2) is 41.8 Å². The Balaban J connectivity index is 0.00000261. The fourth-order valence-electron chi connectivity index (χ4n) is 2.83. The summed E-state index contributed by atoms with van der Waals surface area (Å²) in [6.45, 7) is 3.90. The molecule has 0 aliphatic rings. The molecule has 0 atom stereocenters. The van der Waals surface area contributed by atoms with Crippen LogP contribution in [0.25, 0.3) is 10.9 Å². The normalized spacial score (nSPS) is 11.4. The summed E-state index contributed by atoms with van der Waals surface area (Å²) in [5, 5.41) is 10.1. The molecular formula is C19H26IN5S2. The zero-order valence-electron chi connectivity index (χ0n) is 15.6. The molecule has 1 aromatic carbocycles. The molecule has 27 heavy (non-hydrogen) atoms. The number of aromatic nitrogens is 2. The van der Waals surface area contributed by atoms with Gasteiger partial charge in [-0.3, -0.25) is 4.99 Å². The summed E-state index contributed by atoms with van der Waals surface area (Å²) in [6.07, 6.45) is 6.01. The molecule has 0 amide bonds. The molecule has 0 saturated heterocycles. The number of rotatable bonds is 8. The molecule has 0 aliphatic carbocycles. The van der Waals surface area contributed by atoms with Gasteiger partial charge in [0, 0.05) is 54.6 Å². The summed E-state index contributed by atoms with van der Waals surface area (Å²) >= 11 is 3.50. The predicted molar refractivity (Wildman–Crippen MR) is 129 cm³/mol. The summed E-state index contributed by atoms with van der Waals surface area (Å²) in [4.78, 5) is 12.0. The van der Waals surface area contributed by atoms with Crippen molar-refractivity contribution < 1.29 is 0 Å². The molecule has 3 N–H and O–H groups in total. The van der Waals surface area contributed by atoms with E-state index in [1.54, 1.807) is 11.3 Å². The van der Waals surface area contributed by atoms with E-state index in [0.29, 0.717) is 0 Å². The van der Waals surface area contributed by atoms with Gasteiger partial charge in [0.1, 0.15) is 4.34 Å². The van der Waals surface area contributed by atoms with Gasteiger partial charge in [0.15, 0.2) is 5.96 Å². The number of thiazole rings is 1. The average molecular weight is 515 g/mol. The molecule has 3 rings (SSSR count). The van der Waals surface area contributed by atoms with Gasteiger partial charge in [-0.2, -0.15) is 0 Å². The molecule has 0 unspecified atom stereocenters. The third-order valence-corrected chi connectivity index (χ3v) is 6.22. The van der Waals surface area contributed by atoms with Crippen molar-refractivity contribution in [1.29, 1.82) is 0 Å². The predicted octanol–water partition coefficient (Wildman–Crippen LogP) is 4.44. The minimum atomic E-state index is 0. The van der Waals surface area contributed by atoms with Gasteiger partial charge in [-0.25, -0.2) is 4.98 Å². The van der Waals surface area contributed by atoms with Crippen molar-refractivity contribution in [3.05, 3.63) is 47.1 Å². The van der Waals surface area contributed by atoms with Crippen molar-refractivity contribution in [3.8, 4) is 0 Å². The zero-order valence-corrected chi connectivity index (χ0v) is 19.6. The number of hydrogen-bond acceptors (Lipinski definition) is 4. The number of halogens is 1. The standard InChI is InChI=1S/C19H25N5S2.HI/c1-14-5-3-6-16-15(13-24-17(14)16)7-9-22-18(20-2)21-8-4-11-25-19-23-10-12-26-19;/h3,5-6,10,12-13,24H,4,7-9,11H2,1-2H3,(H2,20,21,22);1H. The number of guanidine groups is 1. The number of aliphatic imine (C=N–C) groups is 1. The highest BCUT2D eigenvalue weighted by molar-refractivity contribution is 14.0. The number of nitrogens with zero attached hydrogens (tertiary/aromatic N) is 2. The van der Waals surface area contributed by atoms with Gasteiger partial charge in [0.2, 0.25) is 0 Å². The fraction of sp³-hybridized carbons (Fsp3) is 0.368. The van der Waals surface area contributed by atoms with Crippen LogP contribution in [0.2, 0.25) is 0 Å². The number of benzene rings is 1. The maximum absolute atomic E-state index is 4.30. The monoisotopic (exact) mass is 515 g/mol. The Labute approximate surface area is 185 Å². The molecule has 3 aromatic rings. The van der Waals surface area contributed by atoms with Crippen LogP contribution in [0.5, 0.6) is 0 Å².